The molecule has 1 N–H and O–H groups in total. The largest absolute Gasteiger partial charge is 0.292 e. The molecule has 14 heavy (non-hydrogen) atoms. The Balaban J connectivity index is 2.45. The zero-order valence-electron chi connectivity index (χ0n) is 8.38. The van der Waals surface area contributed by atoms with Crippen LogP contribution in [0.25, 0.3) is 0 Å². The maximum absolute atomic E-state index is 11.5. The van der Waals surface area contributed by atoms with E-state index in [0.29, 0.717) is 5.57 Å². The third-order valence-electron chi connectivity index (χ3n) is 2.26. The lowest BCUT2D eigenvalue weighted by Gasteiger charge is -2.16. The van der Waals surface area contributed by atoms with Crippen molar-refractivity contribution in [1.82, 2.24) is 5.32 Å². The van der Waals surface area contributed by atoms with E-state index in [4.69, 9.17) is 0 Å². The van der Waals surface area contributed by atoms with E-state index in [1.165, 1.54) is 0 Å². The van der Waals surface area contributed by atoms with E-state index in [9.17, 15) is 9.59 Å². The fourth-order valence-electron chi connectivity index (χ4n) is 1.35. The lowest BCUT2D eigenvalue weighted by Crippen LogP contribution is -2.36. The summed E-state index contributed by atoms with van der Waals surface area (Å²) in [6.07, 6.45) is 6.52. The molecule has 1 rings (SSSR count). The van der Waals surface area contributed by atoms with Gasteiger partial charge >= 0.3 is 0 Å². The molecule has 0 radical (unpaired) electrons. The van der Waals surface area contributed by atoms with Gasteiger partial charge in [-0.3, -0.25) is 14.9 Å². The fourth-order valence-corrected chi connectivity index (χ4v) is 1.35. The Hall–Kier alpha value is -1.38. The highest BCUT2D eigenvalue weighted by molar-refractivity contribution is 6.04. The standard InChI is InChI=1S/C11H15NO2/c1-8(2)10(13)12-11(14)9-6-4-3-5-7-9/h3-4,9H,1,5-7H2,2H3,(H,12,13,14). The van der Waals surface area contributed by atoms with Crippen LogP contribution in [0.3, 0.4) is 0 Å². The second kappa shape index (κ2) is 4.74. The summed E-state index contributed by atoms with van der Waals surface area (Å²) in [4.78, 5) is 22.7. The molecule has 0 fully saturated rings. The van der Waals surface area contributed by atoms with Crippen molar-refractivity contribution in [2.45, 2.75) is 26.2 Å². The topological polar surface area (TPSA) is 46.2 Å². The first-order valence-electron chi connectivity index (χ1n) is 4.77. The Morgan fingerprint density at radius 2 is 2.14 bits per heavy atom. The summed E-state index contributed by atoms with van der Waals surface area (Å²) in [5.74, 6) is -0.602. The third-order valence-corrected chi connectivity index (χ3v) is 2.26. The van der Waals surface area contributed by atoms with Crippen LogP contribution < -0.4 is 5.32 Å². The highest BCUT2D eigenvalue weighted by atomic mass is 16.2. The van der Waals surface area contributed by atoms with Gasteiger partial charge in [0.1, 0.15) is 0 Å². The maximum atomic E-state index is 11.5. The lowest BCUT2D eigenvalue weighted by molar-refractivity contribution is -0.131. The van der Waals surface area contributed by atoms with Crippen LogP contribution in [-0.4, -0.2) is 11.8 Å². The number of amides is 2. The molecule has 0 aromatic heterocycles. The summed E-state index contributed by atoms with van der Waals surface area (Å²) < 4.78 is 0. The molecule has 0 aromatic rings. The van der Waals surface area contributed by atoms with Crippen LogP contribution in [0, 0.1) is 5.92 Å². The van der Waals surface area contributed by atoms with Gasteiger partial charge < -0.3 is 0 Å². The molecule has 0 saturated carbocycles. The average molecular weight is 193 g/mol. The molecule has 0 aliphatic heterocycles. The molecule has 0 saturated heterocycles. The molecule has 0 spiro atoms. The molecule has 1 atom stereocenters. The van der Waals surface area contributed by atoms with Gasteiger partial charge in [-0.05, 0) is 26.2 Å². The van der Waals surface area contributed by atoms with Crippen molar-refractivity contribution in [1.29, 1.82) is 0 Å². The number of imide groups is 1. The first kappa shape index (κ1) is 10.7. The van der Waals surface area contributed by atoms with Gasteiger partial charge in [-0.25, -0.2) is 0 Å². The smallest absolute Gasteiger partial charge is 0.252 e. The molecule has 0 aromatic carbocycles. The van der Waals surface area contributed by atoms with Crippen LogP contribution in [0.5, 0.6) is 0 Å². The molecule has 0 bridgehead atoms. The molecule has 1 aliphatic rings. The van der Waals surface area contributed by atoms with Crippen LogP contribution in [0.1, 0.15) is 26.2 Å². The number of carbonyl (C=O) groups is 2. The normalized spacial score (nSPS) is 20.2. The van der Waals surface area contributed by atoms with Crippen molar-refractivity contribution in [2.24, 2.45) is 5.92 Å². The van der Waals surface area contributed by atoms with E-state index in [-0.39, 0.29) is 17.7 Å². The number of nitrogens with one attached hydrogen (secondary N) is 1. The van der Waals surface area contributed by atoms with Crippen LogP contribution >= 0.6 is 0 Å². The van der Waals surface area contributed by atoms with Gasteiger partial charge in [-0.15, -0.1) is 0 Å². The summed E-state index contributed by atoms with van der Waals surface area (Å²) in [6, 6.07) is 0. The molecule has 3 nitrogen and oxygen atoms in total. The number of rotatable bonds is 2. The first-order chi connectivity index (χ1) is 6.61. The second-order valence-electron chi connectivity index (χ2n) is 3.58. The molecule has 3 heteroatoms. The van der Waals surface area contributed by atoms with E-state index in [1.54, 1.807) is 6.92 Å². The van der Waals surface area contributed by atoms with E-state index < -0.39 is 0 Å². The Labute approximate surface area is 83.9 Å². The van der Waals surface area contributed by atoms with Gasteiger partial charge in [-0.2, -0.15) is 0 Å². The molecule has 0 heterocycles. The summed E-state index contributed by atoms with van der Waals surface area (Å²) in [5, 5.41) is 2.34. The minimum absolute atomic E-state index is 0.0525. The van der Waals surface area contributed by atoms with Gasteiger partial charge in [0.15, 0.2) is 0 Å². The Morgan fingerprint density at radius 3 is 2.64 bits per heavy atom. The number of hydrogen-bond donors (Lipinski definition) is 1. The molecule has 76 valence electrons. The number of carbonyl (C=O) groups excluding carboxylic acids is 2. The Kier molecular flexibility index (Phi) is 3.63. The fraction of sp³-hybridized carbons (Fsp3) is 0.455. The van der Waals surface area contributed by atoms with E-state index >= 15 is 0 Å². The average Bonchev–Trinajstić information content (AvgIpc) is 2.19. The Bertz CT molecular complexity index is 292. The van der Waals surface area contributed by atoms with Crippen molar-refractivity contribution < 1.29 is 9.59 Å². The monoisotopic (exact) mass is 193 g/mol. The zero-order chi connectivity index (χ0) is 10.6. The third kappa shape index (κ3) is 2.83. The van der Waals surface area contributed by atoms with Crippen molar-refractivity contribution in [3.05, 3.63) is 24.3 Å². The zero-order valence-corrected chi connectivity index (χ0v) is 8.38. The van der Waals surface area contributed by atoms with E-state index in [1.807, 2.05) is 6.08 Å². The van der Waals surface area contributed by atoms with Gasteiger partial charge in [-0.1, -0.05) is 18.7 Å². The first-order valence-corrected chi connectivity index (χ1v) is 4.77. The summed E-state index contributed by atoms with van der Waals surface area (Å²) in [5.41, 5.74) is 0.365. The summed E-state index contributed by atoms with van der Waals surface area (Å²) in [7, 11) is 0. The van der Waals surface area contributed by atoms with Crippen molar-refractivity contribution in [3.63, 3.8) is 0 Å². The minimum Gasteiger partial charge on any atom is -0.292 e. The van der Waals surface area contributed by atoms with Crippen LogP contribution in [0.15, 0.2) is 24.3 Å². The van der Waals surface area contributed by atoms with Crippen molar-refractivity contribution in [2.75, 3.05) is 0 Å². The van der Waals surface area contributed by atoms with Crippen molar-refractivity contribution in [3.8, 4) is 0 Å². The predicted molar refractivity (Wildman–Crippen MR) is 54.4 cm³/mol. The quantitative estimate of drug-likeness (QED) is 0.534. The molecule has 2 amide bonds. The van der Waals surface area contributed by atoms with E-state index in [2.05, 4.69) is 18.0 Å². The number of hydrogen-bond acceptors (Lipinski definition) is 2. The van der Waals surface area contributed by atoms with Gasteiger partial charge in [0.2, 0.25) is 5.91 Å². The van der Waals surface area contributed by atoms with Gasteiger partial charge in [0, 0.05) is 11.5 Å². The number of allylic oxidation sites excluding steroid dienone is 2. The van der Waals surface area contributed by atoms with Crippen LogP contribution in [-0.2, 0) is 9.59 Å². The summed E-state index contributed by atoms with van der Waals surface area (Å²) in [6.45, 7) is 5.06. The maximum Gasteiger partial charge on any atom is 0.252 e. The minimum atomic E-state index is -0.371. The highest BCUT2D eigenvalue weighted by Gasteiger charge is 2.20. The summed E-state index contributed by atoms with van der Waals surface area (Å²) >= 11 is 0. The molecule has 1 unspecified atom stereocenters. The molecular formula is C11H15NO2. The van der Waals surface area contributed by atoms with E-state index in [0.717, 1.165) is 19.3 Å². The predicted octanol–water partition coefficient (Wildman–Crippen LogP) is 1.56. The molecule has 1 aliphatic carbocycles. The van der Waals surface area contributed by atoms with Crippen LogP contribution in [0.2, 0.25) is 0 Å². The second-order valence-corrected chi connectivity index (χ2v) is 3.58. The SMILES string of the molecule is C=C(C)C(=O)NC(=O)C1CC=CCC1. The Morgan fingerprint density at radius 1 is 1.43 bits per heavy atom. The van der Waals surface area contributed by atoms with Gasteiger partial charge in [0.25, 0.3) is 5.91 Å². The van der Waals surface area contributed by atoms with Gasteiger partial charge in [0.05, 0.1) is 0 Å². The van der Waals surface area contributed by atoms with Crippen molar-refractivity contribution >= 4 is 11.8 Å². The highest BCUT2D eigenvalue weighted by Crippen LogP contribution is 2.17. The van der Waals surface area contributed by atoms with Crippen LogP contribution in [0.4, 0.5) is 0 Å². The lowest BCUT2D eigenvalue weighted by atomic mass is 9.93. The molecular weight excluding hydrogens is 178 g/mol.